The molecule has 0 saturated carbocycles. The Bertz CT molecular complexity index is 1180. The molecular weight excluding hydrogens is 451 g/mol. The molecule has 0 fully saturated rings. The fraction of sp³-hybridized carbons (Fsp3) is 0.211. The molecule has 12 heteroatoms. The molecule has 0 spiro atoms. The van der Waals surface area contributed by atoms with Crippen LogP contribution in [0.1, 0.15) is 6.92 Å². The molecular formula is C19H17Cl2F2N7O. The summed E-state index contributed by atoms with van der Waals surface area (Å²) in [6.45, 7) is -1.13. The highest BCUT2D eigenvalue weighted by atomic mass is 35.5. The van der Waals surface area contributed by atoms with Crippen LogP contribution in [0.2, 0.25) is 10.0 Å². The van der Waals surface area contributed by atoms with Crippen molar-refractivity contribution in [3.8, 4) is 16.9 Å². The van der Waals surface area contributed by atoms with E-state index >= 15 is 0 Å². The van der Waals surface area contributed by atoms with Crippen molar-refractivity contribution in [1.82, 2.24) is 25.6 Å². The first-order valence-corrected chi connectivity index (χ1v) is 9.83. The smallest absolute Gasteiger partial charge is 0.344 e. The number of nitrogens with one attached hydrogen (secondary N) is 1. The van der Waals surface area contributed by atoms with Gasteiger partial charge in [0.05, 0.1) is 20.9 Å². The number of fused-ring (bicyclic) bond motifs is 1. The van der Waals surface area contributed by atoms with Crippen molar-refractivity contribution in [2.75, 3.05) is 12.8 Å². The molecule has 4 rings (SSSR count). The summed E-state index contributed by atoms with van der Waals surface area (Å²) in [7, 11) is 1.56. The van der Waals surface area contributed by atoms with Crippen molar-refractivity contribution in [1.29, 1.82) is 0 Å². The zero-order valence-electron chi connectivity index (χ0n) is 16.4. The largest absolute Gasteiger partial charge is 0.482 e. The number of nitrogens with two attached hydrogens (primary N) is 1. The summed E-state index contributed by atoms with van der Waals surface area (Å²) in [4.78, 5) is 8.44. The molecule has 1 atom stereocenters. The van der Waals surface area contributed by atoms with Crippen molar-refractivity contribution in [2.45, 2.75) is 19.6 Å². The van der Waals surface area contributed by atoms with Gasteiger partial charge in [-0.2, -0.15) is 8.78 Å². The summed E-state index contributed by atoms with van der Waals surface area (Å²) >= 11 is 12.6. The van der Waals surface area contributed by atoms with Crippen molar-refractivity contribution >= 4 is 45.8 Å². The van der Waals surface area contributed by atoms with Gasteiger partial charge in [0.15, 0.2) is 11.9 Å². The van der Waals surface area contributed by atoms with Gasteiger partial charge in [-0.1, -0.05) is 35.3 Å². The van der Waals surface area contributed by atoms with E-state index in [4.69, 9.17) is 33.7 Å². The second-order valence-corrected chi connectivity index (χ2v) is 7.48. The van der Waals surface area contributed by atoms with Crippen LogP contribution in [0.15, 0.2) is 41.8 Å². The van der Waals surface area contributed by atoms with E-state index in [1.165, 1.54) is 11.3 Å². The van der Waals surface area contributed by atoms with Crippen molar-refractivity contribution in [3.05, 3.63) is 46.7 Å². The number of hydrazone groups is 1. The number of nitrogen functional groups attached to an aromatic ring is 1. The number of rotatable bonds is 5. The van der Waals surface area contributed by atoms with E-state index in [0.717, 1.165) is 0 Å². The molecule has 3 aromatic rings. The molecule has 162 valence electrons. The Balaban J connectivity index is 1.77. The van der Waals surface area contributed by atoms with Gasteiger partial charge in [0.25, 0.3) is 0 Å². The summed E-state index contributed by atoms with van der Waals surface area (Å²) in [6, 6.07) is 8.75. The molecule has 31 heavy (non-hydrogen) atoms. The van der Waals surface area contributed by atoms with Crippen LogP contribution < -0.4 is 16.0 Å². The van der Waals surface area contributed by atoms with E-state index in [-0.39, 0.29) is 11.7 Å². The van der Waals surface area contributed by atoms with Gasteiger partial charge in [0.1, 0.15) is 17.9 Å². The first-order valence-electron chi connectivity index (χ1n) is 9.08. The monoisotopic (exact) mass is 467 g/mol. The molecule has 2 heterocycles. The van der Waals surface area contributed by atoms with Gasteiger partial charge in [-0.3, -0.25) is 5.01 Å². The number of hydrogen-bond donors (Lipinski definition) is 2. The third-order valence-electron chi connectivity index (χ3n) is 4.68. The number of amidine groups is 1. The maximum absolute atomic E-state index is 12.9. The molecule has 0 bridgehead atoms. The highest BCUT2D eigenvalue weighted by molar-refractivity contribution is 6.44. The lowest BCUT2D eigenvalue weighted by atomic mass is 10.0. The number of aromatic nitrogens is 2. The van der Waals surface area contributed by atoms with Gasteiger partial charge in [-0.25, -0.2) is 9.97 Å². The maximum Gasteiger partial charge on any atom is 0.344 e. The van der Waals surface area contributed by atoms with Crippen LogP contribution in [-0.4, -0.2) is 45.6 Å². The van der Waals surface area contributed by atoms with E-state index in [1.807, 2.05) is 6.07 Å². The molecule has 0 amide bonds. The summed E-state index contributed by atoms with van der Waals surface area (Å²) in [5.74, 6) is 0.821. The quantitative estimate of drug-likeness (QED) is 0.544. The van der Waals surface area contributed by atoms with Crippen molar-refractivity contribution in [2.24, 2.45) is 5.10 Å². The molecule has 0 radical (unpaired) electrons. The SMILES string of the molecule is C[C@H](Oc1ccc(-c2cccc(Cl)c2Cl)c2ncnc(N)c12)C1=NN(C(F)F)NN1C. The molecule has 2 aromatic carbocycles. The van der Waals surface area contributed by atoms with Crippen LogP contribution in [-0.2, 0) is 0 Å². The van der Waals surface area contributed by atoms with E-state index in [1.54, 1.807) is 38.2 Å². The number of hydrogen-bond acceptors (Lipinski definition) is 8. The molecule has 0 aliphatic carbocycles. The van der Waals surface area contributed by atoms with Crippen LogP contribution in [0.5, 0.6) is 5.75 Å². The number of nitrogens with zero attached hydrogens (tertiary/aromatic N) is 5. The molecule has 8 nitrogen and oxygen atoms in total. The summed E-state index contributed by atoms with van der Waals surface area (Å²) in [5, 5.41) is 6.88. The van der Waals surface area contributed by atoms with Crippen LogP contribution in [0, 0.1) is 0 Å². The Morgan fingerprint density at radius 3 is 2.61 bits per heavy atom. The number of halogens is 4. The Morgan fingerprint density at radius 1 is 1.13 bits per heavy atom. The number of hydrazine groups is 2. The zero-order chi connectivity index (χ0) is 22.3. The first-order chi connectivity index (χ1) is 14.8. The molecule has 1 aromatic heterocycles. The highest BCUT2D eigenvalue weighted by Gasteiger charge is 2.30. The number of likely N-dealkylation sites (N-methyl/N-ethyl adjacent to an activating group) is 1. The van der Waals surface area contributed by atoms with Gasteiger partial charge in [0.2, 0.25) is 0 Å². The Morgan fingerprint density at radius 2 is 1.90 bits per heavy atom. The number of alkyl halides is 2. The Hall–Kier alpha value is -2.95. The van der Waals surface area contributed by atoms with Gasteiger partial charge in [-0.05, 0) is 25.1 Å². The third-order valence-corrected chi connectivity index (χ3v) is 5.50. The molecule has 0 unspecified atom stereocenters. The molecule has 3 N–H and O–H groups in total. The third kappa shape index (κ3) is 3.89. The maximum atomic E-state index is 12.9. The summed E-state index contributed by atoms with van der Waals surface area (Å²) < 4.78 is 31.9. The van der Waals surface area contributed by atoms with Crippen molar-refractivity contribution in [3.63, 3.8) is 0 Å². The Labute approximate surface area is 186 Å². The number of ether oxygens (including phenoxy) is 1. The average Bonchev–Trinajstić information content (AvgIpc) is 3.13. The lowest BCUT2D eigenvalue weighted by Gasteiger charge is -2.21. The van der Waals surface area contributed by atoms with E-state index < -0.39 is 12.7 Å². The van der Waals surface area contributed by atoms with Crippen molar-refractivity contribution < 1.29 is 13.5 Å². The first kappa shape index (κ1) is 21.3. The summed E-state index contributed by atoms with van der Waals surface area (Å²) in [5.41, 5.74) is 10.4. The topological polar surface area (TPSA) is 91.9 Å². The van der Waals surface area contributed by atoms with E-state index in [9.17, 15) is 8.78 Å². The normalized spacial score (nSPS) is 15.0. The Kier molecular flexibility index (Phi) is 5.69. The molecule has 1 aliphatic heterocycles. The minimum Gasteiger partial charge on any atom is -0.482 e. The van der Waals surface area contributed by atoms with Gasteiger partial charge in [-0.15, -0.1) is 15.8 Å². The highest BCUT2D eigenvalue weighted by Crippen LogP contribution is 2.40. The second-order valence-electron chi connectivity index (χ2n) is 6.69. The van der Waals surface area contributed by atoms with Gasteiger partial charge >= 0.3 is 6.55 Å². The average molecular weight is 468 g/mol. The van der Waals surface area contributed by atoms with Gasteiger partial charge in [0, 0.05) is 18.2 Å². The minimum absolute atomic E-state index is 0.196. The predicted octanol–water partition coefficient (Wildman–Crippen LogP) is 4.16. The van der Waals surface area contributed by atoms with Crippen LogP contribution >= 0.6 is 23.2 Å². The second kappa shape index (κ2) is 8.29. The van der Waals surface area contributed by atoms with E-state index in [0.29, 0.717) is 42.9 Å². The lowest BCUT2D eigenvalue weighted by Crippen LogP contribution is -2.45. The van der Waals surface area contributed by atoms with Crippen LogP contribution in [0.4, 0.5) is 14.6 Å². The predicted molar refractivity (Wildman–Crippen MR) is 116 cm³/mol. The van der Waals surface area contributed by atoms with Crippen LogP contribution in [0.25, 0.3) is 22.0 Å². The van der Waals surface area contributed by atoms with Gasteiger partial charge < -0.3 is 10.5 Å². The fourth-order valence-corrected chi connectivity index (χ4v) is 3.69. The molecule has 1 aliphatic rings. The zero-order valence-corrected chi connectivity index (χ0v) is 17.9. The lowest BCUT2D eigenvalue weighted by molar-refractivity contribution is -0.0761. The van der Waals surface area contributed by atoms with E-state index in [2.05, 4.69) is 20.6 Å². The summed E-state index contributed by atoms with van der Waals surface area (Å²) in [6.07, 6.45) is 0.649. The fourth-order valence-electron chi connectivity index (χ4n) is 3.28. The number of anilines is 1. The standard InChI is InChI=1S/C19H17Cl2F2N7O/c1-9(18-27-30(19(22)23)28-29(18)2)31-13-7-6-11(10-4-3-5-12(20)15(10)21)16-14(13)17(24)26-8-25-16/h3-9,19,28H,1-2H3,(H2,24,25,26)/t9-/m0/s1. The number of benzene rings is 2. The minimum atomic E-state index is -2.81. The van der Waals surface area contributed by atoms with Crippen LogP contribution in [0.3, 0.4) is 0 Å². The molecule has 0 saturated heterocycles.